The molecule has 5 heteroatoms. The van der Waals surface area contributed by atoms with Crippen LogP contribution in [0.25, 0.3) is 0 Å². The van der Waals surface area contributed by atoms with E-state index in [2.05, 4.69) is 16.4 Å². The molecule has 0 saturated heterocycles. The van der Waals surface area contributed by atoms with E-state index >= 15 is 0 Å². The third kappa shape index (κ3) is 3.20. The maximum atomic E-state index is 12.3. The summed E-state index contributed by atoms with van der Waals surface area (Å²) >= 11 is 0. The molecule has 0 aliphatic heterocycles. The van der Waals surface area contributed by atoms with Gasteiger partial charge in [-0.1, -0.05) is 0 Å². The van der Waals surface area contributed by atoms with Crippen molar-refractivity contribution < 1.29 is 4.79 Å². The number of nitriles is 1. The van der Waals surface area contributed by atoms with E-state index in [0.29, 0.717) is 25.1 Å². The maximum absolute atomic E-state index is 12.3. The van der Waals surface area contributed by atoms with E-state index in [1.165, 1.54) is 0 Å². The number of nitrogens with one attached hydrogen (secondary N) is 1. The summed E-state index contributed by atoms with van der Waals surface area (Å²) in [5.41, 5.74) is 2.17. The molecule has 0 aliphatic carbocycles. The van der Waals surface area contributed by atoms with E-state index in [-0.39, 0.29) is 5.91 Å². The first-order chi connectivity index (χ1) is 8.63. The van der Waals surface area contributed by atoms with Crippen LogP contribution in [0.4, 0.5) is 5.69 Å². The topological polar surface area (TPSA) is 69.0 Å². The smallest absolute Gasteiger partial charge is 0.257 e. The van der Waals surface area contributed by atoms with Gasteiger partial charge in [-0.05, 0) is 19.9 Å². The lowest BCUT2D eigenvalue weighted by Crippen LogP contribution is -2.32. The molecule has 1 aromatic rings. The Bertz CT molecular complexity index is 465. The largest absolute Gasteiger partial charge is 0.387 e. The molecule has 0 radical (unpaired) electrons. The molecule has 1 amide bonds. The lowest BCUT2D eigenvalue weighted by atomic mass is 10.1. The summed E-state index contributed by atoms with van der Waals surface area (Å²) < 4.78 is 0. The van der Waals surface area contributed by atoms with Crippen LogP contribution in [0.1, 0.15) is 29.4 Å². The first kappa shape index (κ1) is 14.0. The molecule has 0 fully saturated rings. The van der Waals surface area contributed by atoms with Gasteiger partial charge in [0.25, 0.3) is 5.91 Å². The number of pyridine rings is 1. The fourth-order valence-electron chi connectivity index (χ4n) is 1.70. The maximum Gasteiger partial charge on any atom is 0.257 e. The molecule has 1 heterocycles. The van der Waals surface area contributed by atoms with Crippen molar-refractivity contribution in [3.63, 3.8) is 0 Å². The predicted molar refractivity (Wildman–Crippen MR) is 70.3 cm³/mol. The minimum Gasteiger partial charge on any atom is -0.387 e. The third-order valence-electron chi connectivity index (χ3n) is 2.70. The summed E-state index contributed by atoms with van der Waals surface area (Å²) in [6.45, 7) is 4.80. The van der Waals surface area contributed by atoms with Gasteiger partial charge in [-0.15, -0.1) is 0 Å². The SMILES string of the molecule is CCN(CCC#N)C(=O)c1cnc(C)cc1NC. The Balaban J connectivity index is 2.98. The Kier molecular flexibility index (Phi) is 5.12. The van der Waals surface area contributed by atoms with Gasteiger partial charge in [-0.2, -0.15) is 5.26 Å². The Labute approximate surface area is 107 Å². The fraction of sp³-hybridized carbons (Fsp3) is 0.462. The zero-order valence-electron chi connectivity index (χ0n) is 11.0. The number of aromatic nitrogens is 1. The van der Waals surface area contributed by atoms with Gasteiger partial charge in [-0.25, -0.2) is 0 Å². The molecule has 1 aromatic heterocycles. The molecule has 1 N–H and O–H groups in total. The van der Waals surface area contributed by atoms with Gasteiger partial charge in [0.15, 0.2) is 0 Å². The standard InChI is InChI=1S/C13H18N4O/c1-4-17(7-5-6-14)13(18)11-9-16-10(2)8-12(11)15-3/h8-9H,4-5,7H2,1-3H3,(H,15,16). The second kappa shape index (κ2) is 6.60. The molecule has 0 atom stereocenters. The average Bonchev–Trinajstić information content (AvgIpc) is 2.39. The van der Waals surface area contributed by atoms with E-state index in [4.69, 9.17) is 5.26 Å². The van der Waals surface area contributed by atoms with Gasteiger partial charge in [0.2, 0.25) is 0 Å². The van der Waals surface area contributed by atoms with Crippen molar-refractivity contribution in [2.24, 2.45) is 0 Å². The summed E-state index contributed by atoms with van der Waals surface area (Å²) in [5.74, 6) is -0.0930. The Morgan fingerprint density at radius 3 is 2.89 bits per heavy atom. The van der Waals surface area contributed by atoms with Gasteiger partial charge >= 0.3 is 0 Å². The number of hydrogen-bond acceptors (Lipinski definition) is 4. The van der Waals surface area contributed by atoms with E-state index in [1.54, 1.807) is 18.1 Å². The molecular formula is C13H18N4O. The lowest BCUT2D eigenvalue weighted by molar-refractivity contribution is 0.0768. The zero-order valence-corrected chi connectivity index (χ0v) is 11.0. The molecular weight excluding hydrogens is 228 g/mol. The normalized spacial score (nSPS) is 9.67. The number of carbonyl (C=O) groups excluding carboxylic acids is 1. The van der Waals surface area contributed by atoms with Gasteiger partial charge < -0.3 is 10.2 Å². The first-order valence-electron chi connectivity index (χ1n) is 5.94. The summed E-state index contributed by atoms with van der Waals surface area (Å²) in [7, 11) is 1.77. The molecule has 0 bridgehead atoms. The van der Waals surface area contributed by atoms with E-state index < -0.39 is 0 Å². The second-order valence-corrected chi connectivity index (χ2v) is 3.91. The average molecular weight is 246 g/mol. The van der Waals surface area contributed by atoms with Crippen LogP contribution in [-0.2, 0) is 0 Å². The van der Waals surface area contributed by atoms with Gasteiger partial charge in [0.1, 0.15) is 0 Å². The van der Waals surface area contributed by atoms with Crippen LogP contribution in [-0.4, -0.2) is 35.9 Å². The van der Waals surface area contributed by atoms with Crippen LogP contribution in [0.3, 0.4) is 0 Å². The zero-order chi connectivity index (χ0) is 13.5. The lowest BCUT2D eigenvalue weighted by Gasteiger charge is -2.21. The van der Waals surface area contributed by atoms with Crippen molar-refractivity contribution in [3.8, 4) is 6.07 Å². The Morgan fingerprint density at radius 1 is 1.61 bits per heavy atom. The summed E-state index contributed by atoms with van der Waals surface area (Å²) in [6, 6.07) is 3.89. The van der Waals surface area contributed by atoms with Crippen LogP contribution >= 0.6 is 0 Å². The Hall–Kier alpha value is -2.09. The number of anilines is 1. The van der Waals surface area contributed by atoms with Crippen LogP contribution in [0.5, 0.6) is 0 Å². The van der Waals surface area contributed by atoms with Crippen molar-refractivity contribution in [2.45, 2.75) is 20.3 Å². The minimum atomic E-state index is -0.0930. The van der Waals surface area contributed by atoms with Crippen molar-refractivity contribution in [1.29, 1.82) is 5.26 Å². The predicted octanol–water partition coefficient (Wildman–Crippen LogP) is 1.81. The molecule has 0 saturated carbocycles. The molecule has 0 spiro atoms. The summed E-state index contributed by atoms with van der Waals surface area (Å²) in [5, 5.41) is 11.6. The number of carbonyl (C=O) groups is 1. The van der Waals surface area contributed by atoms with Crippen LogP contribution < -0.4 is 5.32 Å². The van der Waals surface area contributed by atoms with E-state index in [0.717, 1.165) is 11.4 Å². The fourth-order valence-corrected chi connectivity index (χ4v) is 1.70. The number of rotatable bonds is 5. The van der Waals surface area contributed by atoms with Gasteiger partial charge in [0, 0.05) is 32.0 Å². The van der Waals surface area contributed by atoms with Crippen LogP contribution in [0.15, 0.2) is 12.3 Å². The van der Waals surface area contributed by atoms with Crippen LogP contribution in [0, 0.1) is 18.3 Å². The van der Waals surface area contributed by atoms with Crippen LogP contribution in [0.2, 0.25) is 0 Å². The Morgan fingerprint density at radius 2 is 2.33 bits per heavy atom. The molecule has 18 heavy (non-hydrogen) atoms. The minimum absolute atomic E-state index is 0.0930. The summed E-state index contributed by atoms with van der Waals surface area (Å²) in [4.78, 5) is 18.1. The van der Waals surface area contributed by atoms with Gasteiger partial charge in [0.05, 0.1) is 23.7 Å². The highest BCUT2D eigenvalue weighted by Gasteiger charge is 2.17. The molecule has 1 rings (SSSR count). The molecule has 96 valence electrons. The second-order valence-electron chi connectivity index (χ2n) is 3.91. The third-order valence-corrected chi connectivity index (χ3v) is 2.70. The number of hydrogen-bond donors (Lipinski definition) is 1. The molecule has 0 aromatic carbocycles. The number of nitrogens with zero attached hydrogens (tertiary/aromatic N) is 3. The monoisotopic (exact) mass is 246 g/mol. The van der Waals surface area contributed by atoms with Crippen molar-refractivity contribution in [3.05, 3.63) is 23.5 Å². The number of aryl methyl sites for hydroxylation is 1. The summed E-state index contributed by atoms with van der Waals surface area (Å²) in [6.07, 6.45) is 1.92. The quantitative estimate of drug-likeness (QED) is 0.860. The first-order valence-corrected chi connectivity index (χ1v) is 5.94. The molecule has 5 nitrogen and oxygen atoms in total. The molecule has 0 aliphatic rings. The van der Waals surface area contributed by atoms with Crippen molar-refractivity contribution in [2.75, 3.05) is 25.5 Å². The van der Waals surface area contributed by atoms with E-state index in [1.807, 2.05) is 19.9 Å². The highest BCUT2D eigenvalue weighted by Crippen LogP contribution is 2.17. The molecule has 0 unspecified atom stereocenters. The highest BCUT2D eigenvalue weighted by molar-refractivity contribution is 5.99. The van der Waals surface area contributed by atoms with E-state index in [9.17, 15) is 4.79 Å². The van der Waals surface area contributed by atoms with Crippen molar-refractivity contribution in [1.82, 2.24) is 9.88 Å². The highest BCUT2D eigenvalue weighted by atomic mass is 16.2. The number of amides is 1. The van der Waals surface area contributed by atoms with Gasteiger partial charge in [-0.3, -0.25) is 9.78 Å². The van der Waals surface area contributed by atoms with Crippen molar-refractivity contribution >= 4 is 11.6 Å².